The fraction of sp³-hybridized carbons (Fsp3) is 0.400. The number of aromatic hydroxyl groups is 2. The van der Waals surface area contributed by atoms with Crippen molar-refractivity contribution in [1.29, 1.82) is 0 Å². The smallest absolute Gasteiger partial charge is 0.269 e. The summed E-state index contributed by atoms with van der Waals surface area (Å²) < 4.78 is 0. The minimum absolute atomic E-state index is 0.0432. The zero-order valence-corrected chi connectivity index (χ0v) is 15.0. The summed E-state index contributed by atoms with van der Waals surface area (Å²) in [4.78, 5) is 10.4. The minimum atomic E-state index is -0.850. The number of phenolic OH excluding ortho intramolecular Hbond substituents is 2. The molecule has 1 saturated carbocycles. The summed E-state index contributed by atoms with van der Waals surface area (Å²) in [5, 5.41) is 43.9. The molecule has 2 aromatic carbocycles. The average Bonchev–Trinajstić information content (AvgIpc) is 3.14. The van der Waals surface area contributed by atoms with Crippen molar-refractivity contribution in [2.24, 2.45) is 0 Å². The van der Waals surface area contributed by atoms with Gasteiger partial charge in [0.15, 0.2) is 11.5 Å². The van der Waals surface area contributed by atoms with Gasteiger partial charge in [0.25, 0.3) is 5.69 Å². The molecule has 0 amide bonds. The zero-order valence-electron chi connectivity index (χ0n) is 15.0. The van der Waals surface area contributed by atoms with E-state index in [0.717, 1.165) is 31.2 Å². The summed E-state index contributed by atoms with van der Waals surface area (Å²) in [6.45, 7) is 0.885. The molecule has 144 valence electrons. The first kappa shape index (κ1) is 19.1. The van der Waals surface area contributed by atoms with E-state index in [1.54, 1.807) is 18.2 Å². The number of nitrogens with zero attached hydrogens (tertiary/aromatic N) is 1. The number of rotatable bonds is 7. The van der Waals surface area contributed by atoms with Gasteiger partial charge in [-0.2, -0.15) is 0 Å². The molecule has 7 heteroatoms. The summed E-state index contributed by atoms with van der Waals surface area (Å²) in [6, 6.07) is 11.0. The van der Waals surface area contributed by atoms with Gasteiger partial charge in [-0.1, -0.05) is 31.0 Å². The lowest BCUT2D eigenvalue weighted by Gasteiger charge is -2.31. The molecule has 0 spiro atoms. The first-order valence-corrected chi connectivity index (χ1v) is 9.07. The van der Waals surface area contributed by atoms with Gasteiger partial charge in [0.2, 0.25) is 0 Å². The number of aliphatic hydroxyl groups excluding tert-OH is 1. The van der Waals surface area contributed by atoms with Crippen molar-refractivity contribution < 1.29 is 20.2 Å². The molecule has 1 fully saturated rings. The molecule has 1 atom stereocenters. The van der Waals surface area contributed by atoms with Gasteiger partial charge in [0.05, 0.1) is 11.0 Å². The maximum absolute atomic E-state index is 10.9. The van der Waals surface area contributed by atoms with Crippen molar-refractivity contribution in [3.8, 4) is 11.5 Å². The van der Waals surface area contributed by atoms with Gasteiger partial charge in [-0.3, -0.25) is 10.1 Å². The summed E-state index contributed by atoms with van der Waals surface area (Å²) in [5.74, 6) is -0.267. The Balaban J connectivity index is 1.67. The third-order valence-electron chi connectivity index (χ3n) is 5.42. The normalized spacial score (nSPS) is 16.9. The van der Waals surface area contributed by atoms with E-state index in [9.17, 15) is 25.4 Å². The number of non-ortho nitro benzene ring substituents is 1. The largest absolute Gasteiger partial charge is 0.504 e. The van der Waals surface area contributed by atoms with Gasteiger partial charge in [0, 0.05) is 30.6 Å². The van der Waals surface area contributed by atoms with Crippen molar-refractivity contribution in [3.05, 3.63) is 63.7 Å². The van der Waals surface area contributed by atoms with E-state index in [1.165, 1.54) is 18.2 Å². The lowest BCUT2D eigenvalue weighted by molar-refractivity contribution is -0.385. The summed E-state index contributed by atoms with van der Waals surface area (Å²) in [6.07, 6.45) is 3.22. The lowest BCUT2D eigenvalue weighted by atomic mass is 9.78. The Labute approximate surface area is 157 Å². The van der Waals surface area contributed by atoms with Crippen LogP contribution in [0, 0.1) is 10.1 Å². The highest BCUT2D eigenvalue weighted by Gasteiger charge is 2.35. The Hall–Kier alpha value is -2.64. The Morgan fingerprint density at radius 1 is 1.11 bits per heavy atom. The number of hydrogen-bond acceptors (Lipinski definition) is 6. The maximum Gasteiger partial charge on any atom is 0.269 e. The molecular formula is C20H24N2O5. The molecule has 2 aromatic rings. The molecule has 4 N–H and O–H groups in total. The van der Waals surface area contributed by atoms with E-state index >= 15 is 0 Å². The second kappa shape index (κ2) is 7.94. The van der Waals surface area contributed by atoms with Crippen molar-refractivity contribution in [2.45, 2.75) is 37.2 Å². The van der Waals surface area contributed by atoms with Crippen molar-refractivity contribution in [3.63, 3.8) is 0 Å². The van der Waals surface area contributed by atoms with E-state index in [2.05, 4.69) is 5.32 Å². The molecule has 0 saturated heterocycles. The molecule has 0 radical (unpaired) electrons. The molecule has 3 rings (SSSR count). The van der Waals surface area contributed by atoms with Crippen LogP contribution in [-0.4, -0.2) is 33.3 Å². The van der Waals surface area contributed by atoms with E-state index in [0.29, 0.717) is 12.1 Å². The van der Waals surface area contributed by atoms with E-state index < -0.39 is 11.0 Å². The quantitative estimate of drug-likeness (QED) is 0.337. The molecule has 0 heterocycles. The second-order valence-corrected chi connectivity index (χ2v) is 7.19. The minimum Gasteiger partial charge on any atom is -0.504 e. The predicted octanol–water partition coefficient (Wildman–Crippen LogP) is 3.14. The van der Waals surface area contributed by atoms with Crippen molar-refractivity contribution >= 4 is 5.69 Å². The molecule has 0 aromatic heterocycles. The molecule has 0 bridgehead atoms. The number of phenols is 2. The summed E-state index contributed by atoms with van der Waals surface area (Å²) in [7, 11) is 0. The highest BCUT2D eigenvalue weighted by Crippen LogP contribution is 2.43. The third kappa shape index (κ3) is 4.20. The van der Waals surface area contributed by atoms with Crippen LogP contribution in [0.25, 0.3) is 0 Å². The Morgan fingerprint density at radius 3 is 2.52 bits per heavy atom. The standard InChI is InChI=1S/C20H24N2O5/c23-17-7-6-15(11-18(17)24)20(8-1-2-9-20)13-21-12-19(25)14-4-3-5-16(10-14)22(26)27/h3-7,10-11,19,21,23-25H,1-2,8-9,12-13H2. The molecule has 1 unspecified atom stereocenters. The second-order valence-electron chi connectivity index (χ2n) is 7.19. The van der Waals surface area contributed by atoms with Crippen LogP contribution in [0.5, 0.6) is 11.5 Å². The van der Waals surface area contributed by atoms with Crippen LogP contribution in [0.3, 0.4) is 0 Å². The average molecular weight is 372 g/mol. The van der Waals surface area contributed by atoms with Gasteiger partial charge >= 0.3 is 0 Å². The molecule has 27 heavy (non-hydrogen) atoms. The molecular weight excluding hydrogens is 348 g/mol. The Bertz CT molecular complexity index is 818. The van der Waals surface area contributed by atoms with Crippen LogP contribution >= 0.6 is 0 Å². The van der Waals surface area contributed by atoms with Gasteiger partial charge in [-0.15, -0.1) is 0 Å². The van der Waals surface area contributed by atoms with E-state index in [1.807, 2.05) is 6.07 Å². The van der Waals surface area contributed by atoms with Gasteiger partial charge < -0.3 is 20.6 Å². The molecule has 1 aliphatic carbocycles. The maximum atomic E-state index is 10.9. The zero-order chi connectivity index (χ0) is 19.4. The molecule has 0 aliphatic heterocycles. The topological polar surface area (TPSA) is 116 Å². The lowest BCUT2D eigenvalue weighted by Crippen LogP contribution is -2.37. The SMILES string of the molecule is O=[N+]([O-])c1cccc(C(O)CNCC2(c3ccc(O)c(O)c3)CCCC2)c1. The highest BCUT2D eigenvalue weighted by atomic mass is 16.6. The first-order chi connectivity index (χ1) is 12.9. The Kier molecular flexibility index (Phi) is 5.62. The number of benzene rings is 2. The van der Waals surface area contributed by atoms with Gasteiger partial charge in [-0.25, -0.2) is 0 Å². The van der Waals surface area contributed by atoms with Gasteiger partial charge in [-0.05, 0) is 36.1 Å². The van der Waals surface area contributed by atoms with Crippen LogP contribution < -0.4 is 5.32 Å². The van der Waals surface area contributed by atoms with E-state index in [4.69, 9.17) is 0 Å². The first-order valence-electron chi connectivity index (χ1n) is 9.07. The third-order valence-corrected chi connectivity index (χ3v) is 5.42. The number of nitro groups is 1. The summed E-state index contributed by atoms with van der Waals surface area (Å²) in [5.41, 5.74) is 1.26. The van der Waals surface area contributed by atoms with Gasteiger partial charge in [0.1, 0.15) is 0 Å². The number of nitrogens with one attached hydrogen (secondary N) is 1. The van der Waals surface area contributed by atoms with Crippen LogP contribution in [0.15, 0.2) is 42.5 Å². The number of aliphatic hydroxyl groups is 1. The predicted molar refractivity (Wildman–Crippen MR) is 101 cm³/mol. The van der Waals surface area contributed by atoms with Crippen LogP contribution in [0.4, 0.5) is 5.69 Å². The fourth-order valence-corrected chi connectivity index (χ4v) is 3.88. The fourth-order valence-electron chi connectivity index (χ4n) is 3.88. The highest BCUT2D eigenvalue weighted by molar-refractivity contribution is 5.44. The van der Waals surface area contributed by atoms with E-state index in [-0.39, 0.29) is 29.1 Å². The van der Waals surface area contributed by atoms with Crippen LogP contribution in [0.2, 0.25) is 0 Å². The number of hydrogen-bond donors (Lipinski definition) is 4. The number of nitro benzene ring substituents is 1. The van der Waals surface area contributed by atoms with Crippen molar-refractivity contribution in [1.82, 2.24) is 5.32 Å². The van der Waals surface area contributed by atoms with Crippen molar-refractivity contribution in [2.75, 3.05) is 13.1 Å². The van der Waals surface area contributed by atoms with Crippen LogP contribution in [0.1, 0.15) is 42.9 Å². The Morgan fingerprint density at radius 2 is 1.85 bits per heavy atom. The van der Waals surface area contributed by atoms with Crippen LogP contribution in [-0.2, 0) is 5.41 Å². The monoisotopic (exact) mass is 372 g/mol. The molecule has 1 aliphatic rings. The summed E-state index contributed by atoms with van der Waals surface area (Å²) >= 11 is 0. The molecule has 7 nitrogen and oxygen atoms in total.